The molecule has 32 heavy (non-hydrogen) atoms. The Labute approximate surface area is 213 Å². The van der Waals surface area contributed by atoms with E-state index >= 15 is 0 Å². The summed E-state index contributed by atoms with van der Waals surface area (Å²) in [4.78, 5) is 27.5. The molecular weight excluding hydrogens is 510 g/mol. The van der Waals surface area contributed by atoms with Crippen molar-refractivity contribution in [1.29, 1.82) is 0 Å². The predicted molar refractivity (Wildman–Crippen MR) is 137 cm³/mol. The van der Waals surface area contributed by atoms with Gasteiger partial charge in [0.05, 0.1) is 5.75 Å². The quantitative estimate of drug-likeness (QED) is 0.361. The first-order chi connectivity index (χ1) is 15.1. The van der Waals surface area contributed by atoms with Crippen molar-refractivity contribution < 1.29 is 9.59 Å². The molecule has 0 aliphatic rings. The summed E-state index contributed by atoms with van der Waals surface area (Å²) in [5, 5.41) is 4.95. The first-order valence-corrected chi connectivity index (χ1v) is 12.8. The highest BCUT2D eigenvalue weighted by Crippen LogP contribution is 2.28. The molecule has 0 bridgehead atoms. The molecule has 0 aliphatic heterocycles. The van der Waals surface area contributed by atoms with E-state index in [1.165, 1.54) is 16.7 Å². The van der Waals surface area contributed by atoms with Gasteiger partial charge in [0, 0.05) is 44.0 Å². The summed E-state index contributed by atoms with van der Waals surface area (Å²) < 4.78 is 0. The lowest BCUT2D eigenvalue weighted by atomic mass is 10.1. The number of nitrogens with one attached hydrogen (secondary N) is 1. The Hall–Kier alpha value is -1.11. The van der Waals surface area contributed by atoms with Crippen LogP contribution in [0.25, 0.3) is 0 Å². The molecule has 2 amide bonds. The molecule has 0 spiro atoms. The van der Waals surface area contributed by atoms with Gasteiger partial charge in [-0.3, -0.25) is 9.59 Å². The van der Waals surface area contributed by atoms with E-state index in [2.05, 4.69) is 5.32 Å². The normalized spacial score (nSPS) is 12.8. The molecular formula is C23H26Cl4N2O2S. The van der Waals surface area contributed by atoms with Gasteiger partial charge < -0.3 is 10.2 Å². The van der Waals surface area contributed by atoms with Gasteiger partial charge in [-0.1, -0.05) is 65.5 Å². The number of carbonyl (C=O) groups excluding carboxylic acids is 2. The number of nitrogens with zero attached hydrogens (tertiary/aromatic N) is 1. The summed E-state index contributed by atoms with van der Waals surface area (Å²) in [6.07, 6.45) is 0.792. The Morgan fingerprint density at radius 2 is 1.69 bits per heavy atom. The van der Waals surface area contributed by atoms with Crippen LogP contribution in [-0.2, 0) is 21.9 Å². The second kappa shape index (κ2) is 13.0. The van der Waals surface area contributed by atoms with Gasteiger partial charge in [-0.25, -0.2) is 0 Å². The van der Waals surface area contributed by atoms with Crippen LogP contribution in [0.5, 0.6) is 0 Å². The zero-order chi connectivity index (χ0) is 23.8. The molecule has 0 fully saturated rings. The van der Waals surface area contributed by atoms with Gasteiger partial charge in [0.25, 0.3) is 0 Å². The van der Waals surface area contributed by atoms with E-state index in [4.69, 9.17) is 46.4 Å². The van der Waals surface area contributed by atoms with E-state index in [9.17, 15) is 9.59 Å². The molecule has 0 saturated carbocycles. The van der Waals surface area contributed by atoms with E-state index in [1.54, 1.807) is 37.3 Å². The van der Waals surface area contributed by atoms with Crippen LogP contribution in [-0.4, -0.2) is 34.6 Å². The van der Waals surface area contributed by atoms with Gasteiger partial charge in [-0.15, -0.1) is 11.8 Å². The van der Waals surface area contributed by atoms with Crippen LogP contribution in [0.15, 0.2) is 36.4 Å². The minimum absolute atomic E-state index is 0.00669. The van der Waals surface area contributed by atoms with Crippen molar-refractivity contribution in [1.82, 2.24) is 10.2 Å². The maximum absolute atomic E-state index is 13.2. The molecule has 4 nitrogen and oxygen atoms in total. The number of carbonyl (C=O) groups is 2. The molecule has 2 unspecified atom stereocenters. The van der Waals surface area contributed by atoms with E-state index < -0.39 is 6.04 Å². The first-order valence-electron chi connectivity index (χ1n) is 10.2. The summed E-state index contributed by atoms with van der Waals surface area (Å²) in [5.41, 5.74) is 1.50. The SMILES string of the molecule is CCC(C)NC(=O)C(C)N(Cc1c(Cl)cccc1Cl)C(=O)CSCc1ccc(Cl)cc1Cl. The number of hydrogen-bond acceptors (Lipinski definition) is 3. The molecule has 1 N–H and O–H groups in total. The zero-order valence-electron chi connectivity index (χ0n) is 18.1. The topological polar surface area (TPSA) is 49.4 Å². The molecule has 2 rings (SSSR count). The molecule has 0 aromatic heterocycles. The summed E-state index contributed by atoms with van der Waals surface area (Å²) in [7, 11) is 0. The van der Waals surface area contributed by atoms with Crippen LogP contribution in [0.3, 0.4) is 0 Å². The number of thioether (sulfide) groups is 1. The van der Waals surface area contributed by atoms with Crippen LogP contribution in [0.2, 0.25) is 20.1 Å². The Morgan fingerprint density at radius 3 is 2.28 bits per heavy atom. The number of halogens is 4. The van der Waals surface area contributed by atoms with Crippen LogP contribution >= 0.6 is 58.2 Å². The lowest BCUT2D eigenvalue weighted by Gasteiger charge is -2.30. The fraction of sp³-hybridized carbons (Fsp3) is 0.391. The molecule has 0 saturated heterocycles. The maximum Gasteiger partial charge on any atom is 0.242 e. The van der Waals surface area contributed by atoms with Crippen LogP contribution < -0.4 is 5.32 Å². The average Bonchev–Trinajstić information content (AvgIpc) is 2.74. The Morgan fingerprint density at radius 1 is 1.03 bits per heavy atom. The standard InChI is InChI=1S/C23H26Cl4N2O2S/c1-4-14(2)28-23(31)15(3)29(11-18-19(25)6-5-7-20(18)26)22(30)13-32-12-16-8-9-17(24)10-21(16)27/h5-10,14-15H,4,11-13H2,1-3H3,(H,28,31). The number of rotatable bonds is 10. The van der Waals surface area contributed by atoms with Crippen molar-refractivity contribution in [2.45, 2.75) is 51.6 Å². The number of amides is 2. The van der Waals surface area contributed by atoms with E-state index in [-0.39, 0.29) is 30.2 Å². The van der Waals surface area contributed by atoms with Crippen molar-refractivity contribution in [3.05, 3.63) is 67.6 Å². The second-order valence-corrected chi connectivity index (χ2v) is 10.1. The van der Waals surface area contributed by atoms with Crippen molar-refractivity contribution in [3.63, 3.8) is 0 Å². The van der Waals surface area contributed by atoms with Gasteiger partial charge in [-0.05, 0) is 50.1 Å². The summed E-state index contributed by atoms with van der Waals surface area (Å²) >= 11 is 26.2. The van der Waals surface area contributed by atoms with Crippen molar-refractivity contribution in [2.24, 2.45) is 0 Å². The molecule has 2 atom stereocenters. The second-order valence-electron chi connectivity index (χ2n) is 7.44. The smallest absolute Gasteiger partial charge is 0.242 e. The summed E-state index contributed by atoms with van der Waals surface area (Å²) in [5.74, 6) is 0.294. The fourth-order valence-electron chi connectivity index (χ4n) is 2.87. The molecule has 174 valence electrons. The van der Waals surface area contributed by atoms with Gasteiger partial charge in [0.1, 0.15) is 6.04 Å². The minimum atomic E-state index is -0.691. The van der Waals surface area contributed by atoms with E-state index in [0.717, 1.165) is 12.0 Å². The van der Waals surface area contributed by atoms with Gasteiger partial charge in [0.15, 0.2) is 0 Å². The Balaban J connectivity index is 2.16. The third kappa shape index (κ3) is 7.74. The first kappa shape index (κ1) is 27.1. The summed E-state index contributed by atoms with van der Waals surface area (Å²) in [6.45, 7) is 5.75. The molecule has 0 aliphatic carbocycles. The van der Waals surface area contributed by atoms with Gasteiger partial charge in [-0.2, -0.15) is 0 Å². The van der Waals surface area contributed by atoms with Crippen molar-refractivity contribution in [2.75, 3.05) is 5.75 Å². The van der Waals surface area contributed by atoms with Crippen LogP contribution in [0, 0.1) is 0 Å². The Kier molecular flexibility index (Phi) is 11.0. The highest BCUT2D eigenvalue weighted by molar-refractivity contribution is 7.99. The maximum atomic E-state index is 13.2. The van der Waals surface area contributed by atoms with E-state index in [1.807, 2.05) is 19.9 Å². The molecule has 2 aromatic carbocycles. The lowest BCUT2D eigenvalue weighted by Crippen LogP contribution is -2.50. The van der Waals surface area contributed by atoms with Gasteiger partial charge >= 0.3 is 0 Å². The van der Waals surface area contributed by atoms with E-state index in [0.29, 0.717) is 31.4 Å². The largest absolute Gasteiger partial charge is 0.352 e. The van der Waals surface area contributed by atoms with Crippen molar-refractivity contribution >= 4 is 70.0 Å². The molecule has 0 heterocycles. The molecule has 9 heteroatoms. The number of hydrogen-bond donors (Lipinski definition) is 1. The molecule has 2 aromatic rings. The third-order valence-electron chi connectivity index (χ3n) is 5.06. The summed E-state index contributed by atoms with van der Waals surface area (Å²) in [6, 6.07) is 9.76. The fourth-order valence-corrected chi connectivity index (χ4v) is 4.86. The third-order valence-corrected chi connectivity index (χ3v) is 7.32. The zero-order valence-corrected chi connectivity index (χ0v) is 22.0. The highest BCUT2D eigenvalue weighted by Gasteiger charge is 2.28. The monoisotopic (exact) mass is 534 g/mol. The van der Waals surface area contributed by atoms with Gasteiger partial charge in [0.2, 0.25) is 11.8 Å². The van der Waals surface area contributed by atoms with Crippen LogP contribution in [0.4, 0.5) is 0 Å². The molecule has 0 radical (unpaired) electrons. The van der Waals surface area contributed by atoms with Crippen molar-refractivity contribution in [3.8, 4) is 0 Å². The Bertz CT molecular complexity index is 937. The predicted octanol–water partition coefficient (Wildman–Crippen LogP) is 6.87. The number of benzene rings is 2. The lowest BCUT2D eigenvalue weighted by molar-refractivity contribution is -0.138. The minimum Gasteiger partial charge on any atom is -0.352 e. The average molecular weight is 536 g/mol. The highest BCUT2D eigenvalue weighted by atomic mass is 35.5. The van der Waals surface area contributed by atoms with Crippen LogP contribution in [0.1, 0.15) is 38.3 Å².